The summed E-state index contributed by atoms with van der Waals surface area (Å²) in [5.41, 5.74) is 1.95. The minimum atomic E-state index is -1.00. The Bertz CT molecular complexity index is 726. The number of aromatic hydroxyl groups is 1. The van der Waals surface area contributed by atoms with Gasteiger partial charge in [-0.25, -0.2) is 4.79 Å². The lowest BCUT2D eigenvalue weighted by atomic mass is 9.90. The number of carbonyl (C=O) groups is 1. The number of hydrogen-bond acceptors (Lipinski definition) is 3. The highest BCUT2D eigenvalue weighted by Crippen LogP contribution is 2.42. The van der Waals surface area contributed by atoms with Crippen LogP contribution >= 0.6 is 0 Å². The van der Waals surface area contributed by atoms with Gasteiger partial charge in [0.1, 0.15) is 22.7 Å². The first kappa shape index (κ1) is 22.8. The van der Waals surface area contributed by atoms with Crippen LogP contribution in [0.25, 0.3) is 6.08 Å². The van der Waals surface area contributed by atoms with Gasteiger partial charge in [-0.2, -0.15) is 0 Å². The Morgan fingerprint density at radius 2 is 2.00 bits per heavy atom. The second-order valence-corrected chi connectivity index (χ2v) is 7.50. The normalized spacial score (nSPS) is 17.5. The summed E-state index contributed by atoms with van der Waals surface area (Å²) in [4.78, 5) is 12.0. The number of benzene rings is 1. The number of unbranched alkanes of at least 4 members (excludes halogenated alkanes) is 2. The van der Waals surface area contributed by atoms with E-state index in [2.05, 4.69) is 26.8 Å². The molecule has 0 fully saturated rings. The van der Waals surface area contributed by atoms with E-state index in [9.17, 15) is 15.0 Å². The molecule has 1 aromatic carbocycles. The largest absolute Gasteiger partial charge is 0.507 e. The van der Waals surface area contributed by atoms with Crippen molar-refractivity contribution < 1.29 is 19.7 Å². The van der Waals surface area contributed by atoms with Crippen molar-refractivity contribution >= 4 is 12.0 Å². The van der Waals surface area contributed by atoms with Crippen LogP contribution in [0.15, 0.2) is 23.8 Å². The number of aryl methyl sites for hydroxylation is 1. The van der Waals surface area contributed by atoms with Gasteiger partial charge in [0.05, 0.1) is 5.56 Å². The highest BCUT2D eigenvalue weighted by atomic mass is 16.5. The van der Waals surface area contributed by atoms with E-state index in [0.29, 0.717) is 23.3 Å². The van der Waals surface area contributed by atoms with Gasteiger partial charge in [0.15, 0.2) is 0 Å². The molecule has 1 atom stereocenters. The fraction of sp³-hybridized carbons (Fsp3) is 0.522. The van der Waals surface area contributed by atoms with E-state index in [-0.39, 0.29) is 18.7 Å². The lowest BCUT2D eigenvalue weighted by Gasteiger charge is -2.33. The molecule has 4 nitrogen and oxygen atoms in total. The zero-order valence-electron chi connectivity index (χ0n) is 16.3. The van der Waals surface area contributed by atoms with Crippen LogP contribution in [0, 0.1) is 0 Å². The number of hydrogen-bond donors (Lipinski definition) is 2. The van der Waals surface area contributed by atoms with E-state index in [0.717, 1.165) is 32.1 Å². The van der Waals surface area contributed by atoms with Crippen LogP contribution in [0.3, 0.4) is 0 Å². The van der Waals surface area contributed by atoms with Gasteiger partial charge in [0.25, 0.3) is 0 Å². The minimum absolute atomic E-state index is 0. The quantitative estimate of drug-likeness (QED) is 0.410. The predicted molar refractivity (Wildman–Crippen MR) is 112 cm³/mol. The first-order valence-corrected chi connectivity index (χ1v) is 9.41. The molecule has 0 saturated carbocycles. The molecular weight excluding hydrogens is 340 g/mol. The van der Waals surface area contributed by atoms with E-state index in [1.54, 1.807) is 12.1 Å². The molecule has 4 heteroatoms. The van der Waals surface area contributed by atoms with Gasteiger partial charge in [0, 0.05) is 0 Å². The fourth-order valence-electron chi connectivity index (χ4n) is 3.28. The number of phenols is 1. The summed E-state index contributed by atoms with van der Waals surface area (Å²) in [6.07, 6.45) is 11.0. The van der Waals surface area contributed by atoms with E-state index in [4.69, 9.17) is 4.74 Å². The summed E-state index contributed by atoms with van der Waals surface area (Å²) in [7, 11) is 0. The summed E-state index contributed by atoms with van der Waals surface area (Å²) < 4.78 is 6.16. The maximum atomic E-state index is 12.0. The summed E-state index contributed by atoms with van der Waals surface area (Å²) in [6.45, 7) is 8.17. The van der Waals surface area contributed by atoms with Gasteiger partial charge in [-0.15, -0.1) is 0 Å². The number of carboxylic acid groups (broad SMARTS) is 1. The number of carboxylic acids is 1. The molecule has 0 radical (unpaired) electrons. The molecule has 1 heterocycles. The second-order valence-electron chi connectivity index (χ2n) is 7.50. The molecular formula is C23H34O4. The van der Waals surface area contributed by atoms with Crippen molar-refractivity contribution in [3.8, 4) is 11.5 Å². The van der Waals surface area contributed by atoms with Gasteiger partial charge < -0.3 is 14.9 Å². The van der Waals surface area contributed by atoms with Gasteiger partial charge in [-0.1, -0.05) is 38.8 Å². The fourth-order valence-corrected chi connectivity index (χ4v) is 3.28. The highest BCUT2D eigenvalue weighted by Gasteiger charge is 2.32. The molecule has 0 aliphatic carbocycles. The van der Waals surface area contributed by atoms with Crippen molar-refractivity contribution in [1.82, 2.24) is 0 Å². The lowest BCUT2D eigenvalue weighted by molar-refractivity contribution is 0.0678. The van der Waals surface area contributed by atoms with Crippen LogP contribution < -0.4 is 4.74 Å². The molecule has 1 aromatic rings. The average molecular weight is 375 g/mol. The maximum absolute atomic E-state index is 12.0. The van der Waals surface area contributed by atoms with Gasteiger partial charge in [0.2, 0.25) is 0 Å². The van der Waals surface area contributed by atoms with Gasteiger partial charge in [-0.3, -0.25) is 0 Å². The molecule has 2 N–H and O–H groups in total. The number of ether oxygens (including phenoxy) is 1. The Labute approximate surface area is 163 Å². The molecule has 0 bridgehead atoms. The molecule has 150 valence electrons. The SMILES string of the molecule is C.CCCCCc1cc(O)c2c(c1C(=O)O)OC(C)(CCC=C(C)C)C=C2. The molecule has 0 aromatic heterocycles. The maximum Gasteiger partial charge on any atom is 0.339 e. The highest BCUT2D eigenvalue weighted by molar-refractivity contribution is 5.95. The average Bonchev–Trinajstić information content (AvgIpc) is 2.54. The number of fused-ring (bicyclic) bond motifs is 1. The molecule has 2 rings (SSSR count). The monoisotopic (exact) mass is 374 g/mol. The third-order valence-corrected chi connectivity index (χ3v) is 4.77. The molecule has 0 saturated heterocycles. The van der Waals surface area contributed by atoms with Crippen LogP contribution in [0.1, 0.15) is 88.7 Å². The molecule has 0 amide bonds. The van der Waals surface area contributed by atoms with Crippen LogP contribution in [-0.4, -0.2) is 21.8 Å². The van der Waals surface area contributed by atoms with Crippen LogP contribution in [0.2, 0.25) is 0 Å². The standard InChI is InChI=1S/C22H30O4.CH4/c1-5-6-7-10-16-14-18(23)17-11-13-22(4,12-8-9-15(2)3)26-20(17)19(16)21(24)25;/h9,11,13-14,23H,5-8,10,12H2,1-4H3,(H,24,25);1H4. The Balaban J connectivity index is 0.00000364. The molecule has 1 aliphatic rings. The number of phenolic OH excluding ortho intramolecular Hbond substituents is 1. The Morgan fingerprint density at radius 3 is 2.59 bits per heavy atom. The van der Waals surface area contributed by atoms with E-state index in [1.807, 2.05) is 13.0 Å². The number of allylic oxidation sites excluding steroid dienone is 2. The van der Waals surface area contributed by atoms with Crippen LogP contribution in [-0.2, 0) is 6.42 Å². The van der Waals surface area contributed by atoms with Crippen LogP contribution in [0.5, 0.6) is 11.5 Å². The topological polar surface area (TPSA) is 66.8 Å². The van der Waals surface area contributed by atoms with Gasteiger partial charge in [-0.05, 0) is 70.2 Å². The third kappa shape index (κ3) is 5.62. The summed E-state index contributed by atoms with van der Waals surface area (Å²) >= 11 is 0. The Morgan fingerprint density at radius 1 is 1.30 bits per heavy atom. The van der Waals surface area contributed by atoms with Gasteiger partial charge >= 0.3 is 5.97 Å². The summed E-state index contributed by atoms with van der Waals surface area (Å²) in [5, 5.41) is 20.2. The van der Waals surface area contributed by atoms with Crippen molar-refractivity contribution in [2.75, 3.05) is 0 Å². The van der Waals surface area contributed by atoms with E-state index in [1.165, 1.54) is 5.57 Å². The molecule has 1 aliphatic heterocycles. The first-order chi connectivity index (χ1) is 12.3. The Hall–Kier alpha value is -2.23. The first-order valence-electron chi connectivity index (χ1n) is 9.41. The smallest absolute Gasteiger partial charge is 0.339 e. The molecule has 27 heavy (non-hydrogen) atoms. The zero-order valence-corrected chi connectivity index (χ0v) is 16.3. The van der Waals surface area contributed by atoms with Crippen molar-refractivity contribution in [3.05, 3.63) is 40.5 Å². The zero-order chi connectivity index (χ0) is 19.3. The number of aromatic carboxylic acids is 1. The third-order valence-electron chi connectivity index (χ3n) is 4.77. The van der Waals surface area contributed by atoms with Crippen molar-refractivity contribution in [2.24, 2.45) is 0 Å². The van der Waals surface area contributed by atoms with Crippen molar-refractivity contribution in [2.45, 2.75) is 79.2 Å². The van der Waals surface area contributed by atoms with E-state index < -0.39 is 11.6 Å². The lowest BCUT2D eigenvalue weighted by Crippen LogP contribution is -2.33. The molecule has 1 unspecified atom stereocenters. The second kappa shape index (κ2) is 9.63. The number of rotatable bonds is 8. The Kier molecular flexibility index (Phi) is 8.14. The summed E-state index contributed by atoms with van der Waals surface area (Å²) in [6, 6.07) is 1.58. The summed E-state index contributed by atoms with van der Waals surface area (Å²) in [5.74, 6) is -0.625. The van der Waals surface area contributed by atoms with Crippen LogP contribution in [0.4, 0.5) is 0 Å². The van der Waals surface area contributed by atoms with Crippen molar-refractivity contribution in [1.29, 1.82) is 0 Å². The minimum Gasteiger partial charge on any atom is -0.507 e. The van der Waals surface area contributed by atoms with Crippen molar-refractivity contribution in [3.63, 3.8) is 0 Å². The predicted octanol–water partition coefficient (Wildman–Crippen LogP) is 6.37. The van der Waals surface area contributed by atoms with E-state index >= 15 is 0 Å². The molecule has 0 spiro atoms.